The largest absolute Gasteiger partial charge is 0.285 e. The number of benzene rings is 2. The van der Waals surface area contributed by atoms with Gasteiger partial charge in [-0.25, -0.2) is 5.32 Å². The Bertz CT molecular complexity index is 578. The van der Waals surface area contributed by atoms with Crippen LogP contribution in [0.15, 0.2) is 54.6 Å². The molecule has 1 nitrogen and oxygen atoms in total. The molecular formula is C14H9Cl5N. The van der Waals surface area contributed by atoms with Crippen LogP contribution in [0.2, 0.25) is 0 Å². The zero-order valence-electron chi connectivity index (χ0n) is 10.0. The third kappa shape index (κ3) is 4.09. The van der Waals surface area contributed by atoms with Gasteiger partial charge in [0.2, 0.25) is 0 Å². The molecule has 0 N–H and O–H groups in total. The predicted octanol–water partition coefficient (Wildman–Crippen LogP) is 5.93. The second-order valence-electron chi connectivity index (χ2n) is 4.07. The number of nitrogens with zero attached hydrogens (tertiary/aromatic N) is 1. The fraction of sp³-hybridized carbons (Fsp3) is 0.143. The van der Waals surface area contributed by atoms with Crippen molar-refractivity contribution in [3.8, 4) is 0 Å². The summed E-state index contributed by atoms with van der Waals surface area (Å²) in [6.45, 7) is 0. The maximum atomic E-state index is 6.46. The molecule has 1 radical (unpaired) electrons. The maximum absolute atomic E-state index is 6.46. The van der Waals surface area contributed by atoms with Crippen molar-refractivity contribution in [2.24, 2.45) is 0 Å². The summed E-state index contributed by atoms with van der Waals surface area (Å²) in [7, 11) is 0. The van der Waals surface area contributed by atoms with Gasteiger partial charge < -0.3 is 0 Å². The minimum atomic E-state index is -1.72. The highest BCUT2D eigenvalue weighted by molar-refractivity contribution is 6.67. The number of alkyl halides is 5. The number of hydrogen-bond acceptors (Lipinski definition) is 0. The van der Waals surface area contributed by atoms with E-state index in [0.717, 1.165) is 5.56 Å². The van der Waals surface area contributed by atoms with E-state index >= 15 is 0 Å². The Morgan fingerprint density at radius 1 is 0.700 bits per heavy atom. The van der Waals surface area contributed by atoms with Crippen molar-refractivity contribution in [1.82, 2.24) is 5.32 Å². The lowest BCUT2D eigenvalue weighted by Crippen LogP contribution is -2.17. The first-order valence-corrected chi connectivity index (χ1v) is 7.51. The molecule has 0 aromatic heterocycles. The van der Waals surface area contributed by atoms with E-state index in [2.05, 4.69) is 5.32 Å². The van der Waals surface area contributed by atoms with Crippen LogP contribution in [-0.4, -0.2) is 3.92 Å². The summed E-state index contributed by atoms with van der Waals surface area (Å²) in [4.78, 5) is 0. The summed E-state index contributed by atoms with van der Waals surface area (Å²) < 4.78 is -2.91. The lowest BCUT2D eigenvalue weighted by atomic mass is 10.0. The highest BCUT2D eigenvalue weighted by Gasteiger charge is 2.30. The molecule has 0 aliphatic rings. The third-order valence-electron chi connectivity index (χ3n) is 2.60. The smallest absolute Gasteiger partial charge is 0.233 e. The van der Waals surface area contributed by atoms with E-state index in [9.17, 15) is 0 Å². The summed E-state index contributed by atoms with van der Waals surface area (Å²) in [6, 6.07) is 16.3. The van der Waals surface area contributed by atoms with E-state index in [1.165, 1.54) is 0 Å². The van der Waals surface area contributed by atoms with Gasteiger partial charge in [0.05, 0.1) is 5.69 Å². The van der Waals surface area contributed by atoms with Crippen molar-refractivity contribution < 1.29 is 0 Å². The van der Waals surface area contributed by atoms with Crippen LogP contribution in [-0.2, 0) is 4.33 Å². The molecule has 6 heteroatoms. The van der Waals surface area contributed by atoms with Crippen LogP contribution < -0.4 is 5.32 Å². The molecule has 0 bridgehead atoms. The second-order valence-corrected chi connectivity index (χ2v) is 7.62. The monoisotopic (exact) mass is 366 g/mol. The SMILES string of the molecule is ClC(Cl)(Cl)[N]c1cccc(C(Cl)(Cl)c2ccccc2)c1. The van der Waals surface area contributed by atoms with E-state index in [4.69, 9.17) is 58.0 Å². The molecule has 2 aromatic carbocycles. The molecule has 20 heavy (non-hydrogen) atoms. The first-order chi connectivity index (χ1) is 9.29. The van der Waals surface area contributed by atoms with Gasteiger partial charge in [0.1, 0.15) is 0 Å². The zero-order valence-corrected chi connectivity index (χ0v) is 13.8. The van der Waals surface area contributed by atoms with Crippen molar-refractivity contribution in [2.45, 2.75) is 8.25 Å². The van der Waals surface area contributed by atoms with Crippen LogP contribution in [0.3, 0.4) is 0 Å². The standard InChI is InChI=1S/C14H9Cl5N/c15-13(16,10-5-2-1-3-6-10)11-7-4-8-12(9-11)20-14(17,18)19/h1-9H. The van der Waals surface area contributed by atoms with Gasteiger partial charge in [0.25, 0.3) is 3.92 Å². The topological polar surface area (TPSA) is 14.1 Å². The molecular weight excluding hydrogens is 359 g/mol. The second kappa shape index (κ2) is 6.21. The molecule has 0 atom stereocenters. The van der Waals surface area contributed by atoms with Crippen LogP contribution in [0.25, 0.3) is 0 Å². The molecule has 0 aliphatic carbocycles. The van der Waals surface area contributed by atoms with Gasteiger partial charge in [-0.15, -0.1) is 0 Å². The Balaban J connectivity index is 2.35. The van der Waals surface area contributed by atoms with Gasteiger partial charge in [-0.05, 0) is 23.3 Å². The lowest BCUT2D eigenvalue weighted by Gasteiger charge is -2.21. The van der Waals surface area contributed by atoms with Crippen molar-refractivity contribution in [1.29, 1.82) is 0 Å². The molecule has 0 spiro atoms. The number of rotatable bonds is 3. The molecule has 0 saturated heterocycles. The van der Waals surface area contributed by atoms with Gasteiger partial charge in [-0.1, -0.05) is 100 Å². The molecule has 105 valence electrons. The Kier molecular flexibility index (Phi) is 4.99. The molecule has 0 saturated carbocycles. The van der Waals surface area contributed by atoms with E-state index in [0.29, 0.717) is 11.3 Å². The molecule has 0 aliphatic heterocycles. The average molecular weight is 368 g/mol. The van der Waals surface area contributed by atoms with E-state index in [1.54, 1.807) is 24.3 Å². The van der Waals surface area contributed by atoms with Crippen LogP contribution in [0.1, 0.15) is 11.1 Å². The van der Waals surface area contributed by atoms with Crippen molar-refractivity contribution in [3.05, 3.63) is 65.7 Å². The molecule has 0 fully saturated rings. The van der Waals surface area contributed by atoms with Crippen molar-refractivity contribution >= 4 is 63.7 Å². The maximum Gasteiger partial charge on any atom is 0.285 e. The third-order valence-corrected chi connectivity index (χ3v) is 3.73. The van der Waals surface area contributed by atoms with Crippen LogP contribution >= 0.6 is 58.0 Å². The van der Waals surface area contributed by atoms with Crippen LogP contribution in [0, 0.1) is 0 Å². The highest BCUT2D eigenvalue weighted by Crippen LogP contribution is 2.42. The zero-order chi connectivity index (χ0) is 14.8. The minimum absolute atomic E-state index is 0.490. The summed E-state index contributed by atoms with van der Waals surface area (Å²) in [5, 5.41) is 3.94. The number of hydrogen-bond donors (Lipinski definition) is 0. The molecule has 0 unspecified atom stereocenters. The summed E-state index contributed by atoms with van der Waals surface area (Å²) in [6.07, 6.45) is 0. The first kappa shape index (κ1) is 16.1. The summed E-state index contributed by atoms with van der Waals surface area (Å²) in [5.41, 5.74) is 1.90. The predicted molar refractivity (Wildman–Crippen MR) is 87.5 cm³/mol. The van der Waals surface area contributed by atoms with E-state index < -0.39 is 8.25 Å². The minimum Gasteiger partial charge on any atom is -0.233 e. The van der Waals surface area contributed by atoms with Crippen molar-refractivity contribution in [3.63, 3.8) is 0 Å². The normalized spacial score (nSPS) is 12.2. The molecule has 0 heterocycles. The first-order valence-electron chi connectivity index (χ1n) is 5.62. The molecule has 2 aromatic rings. The number of halogens is 5. The van der Waals surface area contributed by atoms with Gasteiger partial charge in [0.15, 0.2) is 4.33 Å². The molecule has 2 rings (SSSR count). The summed E-state index contributed by atoms with van der Waals surface area (Å²) >= 11 is 29.9. The van der Waals surface area contributed by atoms with Crippen molar-refractivity contribution in [2.75, 3.05) is 0 Å². The van der Waals surface area contributed by atoms with Gasteiger partial charge in [-0.2, -0.15) is 0 Å². The quantitative estimate of drug-likeness (QED) is 0.471. The van der Waals surface area contributed by atoms with E-state index in [-0.39, 0.29) is 0 Å². The summed E-state index contributed by atoms with van der Waals surface area (Å²) in [5.74, 6) is 0. The molecule has 0 amide bonds. The van der Waals surface area contributed by atoms with Crippen LogP contribution in [0.4, 0.5) is 5.69 Å². The Morgan fingerprint density at radius 2 is 1.30 bits per heavy atom. The van der Waals surface area contributed by atoms with Crippen LogP contribution in [0.5, 0.6) is 0 Å². The van der Waals surface area contributed by atoms with Gasteiger partial charge in [0, 0.05) is 0 Å². The average Bonchev–Trinajstić information content (AvgIpc) is 2.38. The van der Waals surface area contributed by atoms with Gasteiger partial charge in [-0.3, -0.25) is 0 Å². The Labute approximate surface area is 142 Å². The Morgan fingerprint density at radius 3 is 1.90 bits per heavy atom. The fourth-order valence-corrected chi connectivity index (χ4v) is 2.51. The highest BCUT2D eigenvalue weighted by atomic mass is 35.6. The van der Waals surface area contributed by atoms with E-state index in [1.807, 2.05) is 30.3 Å². The lowest BCUT2D eigenvalue weighted by molar-refractivity contribution is 0.906. The van der Waals surface area contributed by atoms with Gasteiger partial charge >= 0.3 is 0 Å². The fourth-order valence-electron chi connectivity index (χ4n) is 1.73. The Hall–Kier alpha value is -0.310.